The lowest BCUT2D eigenvalue weighted by Crippen LogP contribution is -2.07. The maximum atomic E-state index is 2.35. The molecule has 4 aromatic rings. The van der Waals surface area contributed by atoms with Crippen LogP contribution in [0.25, 0.3) is 31.7 Å². The topological polar surface area (TPSA) is 0 Å². The van der Waals surface area contributed by atoms with Crippen LogP contribution < -0.4 is 0 Å². The van der Waals surface area contributed by atoms with Gasteiger partial charge in [-0.25, -0.2) is 0 Å². The summed E-state index contributed by atoms with van der Waals surface area (Å²) >= 11 is 7.65. The first-order chi connectivity index (χ1) is 14.9. The molecule has 0 amide bonds. The summed E-state index contributed by atoms with van der Waals surface area (Å²) < 4.78 is 0. The van der Waals surface area contributed by atoms with Crippen molar-refractivity contribution >= 4 is 57.5 Å². The third-order valence-electron chi connectivity index (χ3n) is 5.47. The molecule has 32 heavy (non-hydrogen) atoms. The van der Waals surface area contributed by atoms with Crippen molar-refractivity contribution in [2.75, 3.05) is 0 Å². The van der Waals surface area contributed by atoms with Crippen LogP contribution in [0.4, 0.5) is 0 Å². The lowest BCUT2D eigenvalue weighted by Gasteiger charge is -2.15. The Morgan fingerprint density at radius 2 is 1.03 bits per heavy atom. The fraction of sp³-hybridized carbons (Fsp3) is 0.357. The highest BCUT2D eigenvalue weighted by Crippen LogP contribution is 2.43. The number of hydrogen-bond acceptors (Lipinski definition) is 4. The summed E-state index contributed by atoms with van der Waals surface area (Å²) in [6, 6.07) is 13.8. The zero-order chi connectivity index (χ0) is 23.3. The summed E-state index contributed by atoms with van der Waals surface area (Å²) in [5.41, 5.74) is 3.15. The molecule has 4 heteroatoms. The maximum absolute atomic E-state index is 2.35. The quantitative estimate of drug-likeness (QED) is 0.263. The first-order valence-corrected chi connectivity index (χ1v) is 14.3. The minimum Gasteiger partial charge on any atom is -0.140 e. The van der Waals surface area contributed by atoms with Crippen LogP contribution in [0, 0.1) is 13.8 Å². The predicted octanol–water partition coefficient (Wildman–Crippen LogP) is 10.6. The van der Waals surface area contributed by atoms with Crippen molar-refractivity contribution in [1.82, 2.24) is 0 Å². The lowest BCUT2D eigenvalue weighted by molar-refractivity contribution is 0.603. The molecule has 0 N–H and O–H groups in total. The highest BCUT2D eigenvalue weighted by atomic mass is 32.1. The molecular formula is C28H32S4. The zero-order valence-electron chi connectivity index (χ0n) is 20.3. The molecule has 0 fully saturated rings. The molecule has 0 bridgehead atoms. The lowest BCUT2D eigenvalue weighted by atomic mass is 9.94. The van der Waals surface area contributed by atoms with Gasteiger partial charge in [-0.3, -0.25) is 0 Å². The van der Waals surface area contributed by atoms with Crippen LogP contribution in [-0.4, -0.2) is 0 Å². The van der Waals surface area contributed by atoms with Crippen molar-refractivity contribution in [1.29, 1.82) is 0 Å². The molecule has 0 aliphatic rings. The summed E-state index contributed by atoms with van der Waals surface area (Å²) in [4.78, 5) is 11.1. The van der Waals surface area contributed by atoms with E-state index in [0.29, 0.717) is 0 Å². The Morgan fingerprint density at radius 3 is 1.59 bits per heavy atom. The van der Waals surface area contributed by atoms with Gasteiger partial charge in [-0.1, -0.05) is 41.5 Å². The van der Waals surface area contributed by atoms with Gasteiger partial charge in [0.15, 0.2) is 0 Å². The molecule has 4 aromatic heterocycles. The maximum Gasteiger partial charge on any atom is 0.0451 e. The van der Waals surface area contributed by atoms with Crippen molar-refractivity contribution in [3.63, 3.8) is 0 Å². The van der Waals surface area contributed by atoms with E-state index in [0.717, 1.165) is 0 Å². The molecule has 0 aliphatic carbocycles. The first kappa shape index (κ1) is 23.7. The van der Waals surface area contributed by atoms with Crippen LogP contribution >= 0.6 is 45.3 Å². The van der Waals surface area contributed by atoms with E-state index in [2.05, 4.69) is 104 Å². The Morgan fingerprint density at radius 1 is 0.531 bits per heavy atom. The van der Waals surface area contributed by atoms with Crippen LogP contribution in [0.3, 0.4) is 0 Å². The molecule has 0 spiro atoms. The van der Waals surface area contributed by atoms with Crippen molar-refractivity contribution < 1.29 is 0 Å². The molecule has 0 unspecified atom stereocenters. The van der Waals surface area contributed by atoms with Gasteiger partial charge < -0.3 is 0 Å². The minimum atomic E-state index is 0.209. The smallest absolute Gasteiger partial charge is 0.0451 e. The van der Waals surface area contributed by atoms with Gasteiger partial charge in [0.2, 0.25) is 0 Å². The predicted molar refractivity (Wildman–Crippen MR) is 151 cm³/mol. The van der Waals surface area contributed by atoms with E-state index in [4.69, 9.17) is 0 Å². The van der Waals surface area contributed by atoms with Crippen LogP contribution in [0.5, 0.6) is 0 Å². The highest BCUT2D eigenvalue weighted by Gasteiger charge is 2.19. The standard InChI is InChI=1S/C28H32S4/c1-17-15-24(23-12-11-21(30-23)22-13-14-25(32-22)27(3,4)5)29-19(17)9-10-20-18(2)16-26(31-20)28(6,7)8/h9-16H,1-8H3. The summed E-state index contributed by atoms with van der Waals surface area (Å²) in [6.07, 6.45) is 4.61. The largest absolute Gasteiger partial charge is 0.140 e. The fourth-order valence-corrected chi connectivity index (χ4v) is 7.90. The van der Waals surface area contributed by atoms with Gasteiger partial charge in [0.25, 0.3) is 0 Å². The van der Waals surface area contributed by atoms with Crippen molar-refractivity contribution in [2.45, 2.75) is 66.2 Å². The molecule has 0 radical (unpaired) electrons. The Bertz CT molecular complexity index is 1260. The number of thiophene rings is 4. The van der Waals surface area contributed by atoms with E-state index in [1.54, 1.807) is 0 Å². The minimum absolute atomic E-state index is 0.209. The van der Waals surface area contributed by atoms with E-state index in [1.165, 1.54) is 50.1 Å². The van der Waals surface area contributed by atoms with E-state index in [1.807, 2.05) is 45.3 Å². The van der Waals surface area contributed by atoms with E-state index < -0.39 is 0 Å². The van der Waals surface area contributed by atoms with E-state index >= 15 is 0 Å². The van der Waals surface area contributed by atoms with Crippen molar-refractivity contribution in [2.24, 2.45) is 0 Å². The van der Waals surface area contributed by atoms with Gasteiger partial charge >= 0.3 is 0 Å². The fourth-order valence-electron chi connectivity index (χ4n) is 3.44. The summed E-state index contributed by atoms with van der Waals surface area (Å²) in [5, 5.41) is 0. The second kappa shape index (κ2) is 8.72. The second-order valence-electron chi connectivity index (χ2n) is 10.5. The third-order valence-corrected chi connectivity index (χ3v) is 11.3. The first-order valence-electron chi connectivity index (χ1n) is 11.0. The van der Waals surface area contributed by atoms with Gasteiger partial charge in [0.05, 0.1) is 0 Å². The van der Waals surface area contributed by atoms with Crippen molar-refractivity contribution in [3.8, 4) is 19.5 Å². The average molecular weight is 497 g/mol. The third kappa shape index (κ3) is 5.04. The van der Waals surface area contributed by atoms with Crippen molar-refractivity contribution in [3.05, 3.63) is 67.0 Å². The number of rotatable bonds is 4. The number of hydrogen-bond donors (Lipinski definition) is 0. The Hall–Kier alpha value is -1.46. The van der Waals surface area contributed by atoms with Gasteiger partial charge in [0, 0.05) is 39.0 Å². The summed E-state index contributed by atoms with van der Waals surface area (Å²) in [7, 11) is 0. The second-order valence-corrected chi connectivity index (χ2v) is 14.8. The van der Waals surface area contributed by atoms with E-state index in [-0.39, 0.29) is 10.8 Å². The molecule has 4 heterocycles. The highest BCUT2D eigenvalue weighted by molar-refractivity contribution is 7.26. The average Bonchev–Trinajstić information content (AvgIpc) is 3.45. The van der Waals surface area contributed by atoms with E-state index in [9.17, 15) is 0 Å². The summed E-state index contributed by atoms with van der Waals surface area (Å²) in [6.45, 7) is 18.2. The summed E-state index contributed by atoms with van der Waals surface area (Å²) in [5.74, 6) is 0. The molecule has 0 atom stereocenters. The van der Waals surface area contributed by atoms with Crippen LogP contribution in [0.2, 0.25) is 0 Å². The van der Waals surface area contributed by atoms with Gasteiger partial charge in [-0.05, 0) is 84.4 Å². The Kier molecular flexibility index (Phi) is 6.45. The molecule has 0 saturated carbocycles. The van der Waals surface area contributed by atoms with Gasteiger partial charge in [0.1, 0.15) is 0 Å². The molecule has 0 saturated heterocycles. The van der Waals surface area contributed by atoms with Crippen LogP contribution in [-0.2, 0) is 10.8 Å². The normalized spacial score (nSPS) is 12.9. The number of aryl methyl sites for hydroxylation is 2. The molecule has 4 rings (SSSR count). The molecule has 0 nitrogen and oxygen atoms in total. The molecule has 0 aromatic carbocycles. The van der Waals surface area contributed by atoms with Crippen LogP contribution in [0.1, 0.15) is 72.2 Å². The molecule has 0 aliphatic heterocycles. The van der Waals surface area contributed by atoms with Gasteiger partial charge in [-0.2, -0.15) is 0 Å². The molecule has 168 valence electrons. The monoisotopic (exact) mass is 496 g/mol. The molecular weight excluding hydrogens is 465 g/mol. The Balaban J connectivity index is 1.56. The zero-order valence-corrected chi connectivity index (χ0v) is 23.5. The van der Waals surface area contributed by atoms with Crippen LogP contribution in [0.15, 0.2) is 36.4 Å². The SMILES string of the molecule is Cc1cc(-c2ccc(-c3ccc(C(C)(C)C)s3)s2)sc1C=Cc1sc(C(C)(C)C)cc1C. The van der Waals surface area contributed by atoms with Gasteiger partial charge in [-0.15, -0.1) is 45.3 Å². The Labute approximate surface area is 209 Å².